The van der Waals surface area contributed by atoms with Crippen LogP contribution in [0.25, 0.3) is 0 Å². The summed E-state index contributed by atoms with van der Waals surface area (Å²) in [5.41, 5.74) is 0.472. The normalized spacial score (nSPS) is 10.8. The zero-order valence-electron chi connectivity index (χ0n) is 9.88. The molecule has 0 saturated heterocycles. The van der Waals surface area contributed by atoms with Crippen LogP contribution < -0.4 is 10.6 Å². The molecule has 7 nitrogen and oxygen atoms in total. The second kappa shape index (κ2) is 7.00. The third-order valence-corrected chi connectivity index (χ3v) is 2.12. The van der Waals surface area contributed by atoms with Crippen LogP contribution in [0, 0.1) is 0 Å². The largest absolute Gasteiger partial charge is 0.410 e. The zero-order valence-corrected chi connectivity index (χ0v) is 9.88. The molecule has 0 atom stereocenters. The van der Waals surface area contributed by atoms with Gasteiger partial charge in [0, 0.05) is 31.0 Å². The lowest BCUT2D eigenvalue weighted by atomic mass is 10.2. The van der Waals surface area contributed by atoms with E-state index < -0.39 is 5.91 Å². The van der Waals surface area contributed by atoms with Crippen molar-refractivity contribution >= 4 is 17.5 Å². The average molecular weight is 250 g/mol. The lowest BCUT2D eigenvalue weighted by Gasteiger charge is -2.06. The first-order valence-corrected chi connectivity index (χ1v) is 5.30. The van der Waals surface area contributed by atoms with Crippen molar-refractivity contribution in [3.8, 4) is 0 Å². The minimum Gasteiger partial charge on any atom is -0.410 e. The molecule has 0 aliphatic carbocycles. The van der Waals surface area contributed by atoms with Gasteiger partial charge in [0.1, 0.15) is 5.71 Å². The molecule has 96 valence electrons. The van der Waals surface area contributed by atoms with Crippen LogP contribution in [-0.2, 0) is 4.79 Å². The Balaban J connectivity index is 2.27. The zero-order chi connectivity index (χ0) is 13.4. The quantitative estimate of drug-likeness (QED) is 0.291. The fourth-order valence-electron chi connectivity index (χ4n) is 1.13. The first kappa shape index (κ1) is 13.6. The minimum absolute atomic E-state index is 0.0320. The lowest BCUT2D eigenvalue weighted by molar-refractivity contribution is -0.114. The van der Waals surface area contributed by atoms with Gasteiger partial charge >= 0.3 is 0 Å². The molecule has 2 amide bonds. The van der Waals surface area contributed by atoms with E-state index in [-0.39, 0.29) is 24.7 Å². The highest BCUT2D eigenvalue weighted by Crippen LogP contribution is 1.94. The molecule has 0 bridgehead atoms. The third kappa shape index (κ3) is 4.20. The average Bonchev–Trinajstić information content (AvgIpc) is 2.43. The number of nitrogens with zero attached hydrogens (tertiary/aromatic N) is 2. The number of aromatic nitrogens is 1. The maximum Gasteiger partial charge on any atom is 0.268 e. The summed E-state index contributed by atoms with van der Waals surface area (Å²) >= 11 is 0. The maximum absolute atomic E-state index is 11.6. The van der Waals surface area contributed by atoms with Crippen LogP contribution >= 0.6 is 0 Å². The van der Waals surface area contributed by atoms with E-state index in [2.05, 4.69) is 20.8 Å². The summed E-state index contributed by atoms with van der Waals surface area (Å²) in [6.45, 7) is 1.92. The van der Waals surface area contributed by atoms with Crippen molar-refractivity contribution in [1.82, 2.24) is 15.6 Å². The molecule has 0 saturated carbocycles. The highest BCUT2D eigenvalue weighted by atomic mass is 16.4. The second-order valence-corrected chi connectivity index (χ2v) is 3.43. The van der Waals surface area contributed by atoms with Gasteiger partial charge in [-0.2, -0.15) is 0 Å². The number of pyridine rings is 1. The molecule has 0 unspecified atom stereocenters. The van der Waals surface area contributed by atoms with Crippen molar-refractivity contribution in [3.63, 3.8) is 0 Å². The molecule has 1 heterocycles. The first-order valence-electron chi connectivity index (χ1n) is 5.30. The van der Waals surface area contributed by atoms with Gasteiger partial charge in [-0.3, -0.25) is 14.6 Å². The Morgan fingerprint density at radius 1 is 1.28 bits per heavy atom. The van der Waals surface area contributed by atoms with Crippen LogP contribution in [0.3, 0.4) is 0 Å². The Kier molecular flexibility index (Phi) is 5.30. The molecule has 7 heteroatoms. The van der Waals surface area contributed by atoms with Gasteiger partial charge < -0.3 is 15.8 Å². The predicted octanol–water partition coefficient (Wildman–Crippen LogP) is -0.222. The summed E-state index contributed by atoms with van der Waals surface area (Å²) in [7, 11) is 0. The molecule has 0 spiro atoms. The summed E-state index contributed by atoms with van der Waals surface area (Å²) in [5, 5.41) is 16.2. The highest BCUT2D eigenvalue weighted by molar-refractivity contribution is 6.37. The number of hydrogen-bond donors (Lipinski definition) is 3. The van der Waals surface area contributed by atoms with E-state index in [1.165, 1.54) is 19.3 Å². The topological polar surface area (TPSA) is 104 Å². The van der Waals surface area contributed by atoms with Crippen LogP contribution in [0.15, 0.2) is 29.7 Å². The number of oxime groups is 1. The monoisotopic (exact) mass is 250 g/mol. The molecule has 0 radical (unpaired) electrons. The van der Waals surface area contributed by atoms with Crippen LogP contribution in [0.1, 0.15) is 17.3 Å². The van der Waals surface area contributed by atoms with Crippen LogP contribution in [0.2, 0.25) is 0 Å². The predicted molar refractivity (Wildman–Crippen MR) is 64.5 cm³/mol. The maximum atomic E-state index is 11.6. The van der Waals surface area contributed by atoms with E-state index in [0.29, 0.717) is 5.56 Å². The van der Waals surface area contributed by atoms with Gasteiger partial charge in [-0.25, -0.2) is 0 Å². The number of nitrogens with one attached hydrogen (secondary N) is 2. The van der Waals surface area contributed by atoms with Crippen molar-refractivity contribution in [2.45, 2.75) is 6.92 Å². The Bertz CT molecular complexity index is 445. The van der Waals surface area contributed by atoms with Crippen molar-refractivity contribution in [2.24, 2.45) is 5.16 Å². The fraction of sp³-hybridized carbons (Fsp3) is 0.273. The SMILES string of the molecule is C/C(=N\O)C(=O)NCCNC(=O)c1ccncc1. The number of carbonyl (C=O) groups is 2. The molecule has 0 aromatic carbocycles. The van der Waals surface area contributed by atoms with E-state index in [1.54, 1.807) is 12.1 Å². The van der Waals surface area contributed by atoms with Crippen LogP contribution in [0.4, 0.5) is 0 Å². The molecule has 1 aromatic heterocycles. The Morgan fingerprint density at radius 3 is 2.50 bits per heavy atom. The van der Waals surface area contributed by atoms with Crippen molar-refractivity contribution in [1.29, 1.82) is 0 Å². The number of hydrogen-bond acceptors (Lipinski definition) is 5. The van der Waals surface area contributed by atoms with E-state index in [9.17, 15) is 9.59 Å². The Hall–Kier alpha value is -2.44. The molecule has 18 heavy (non-hydrogen) atoms. The van der Waals surface area contributed by atoms with Crippen LogP contribution in [-0.4, -0.2) is 40.8 Å². The first-order chi connectivity index (χ1) is 8.65. The second-order valence-electron chi connectivity index (χ2n) is 3.43. The molecular formula is C11H14N4O3. The molecule has 1 rings (SSSR count). The Morgan fingerprint density at radius 2 is 1.89 bits per heavy atom. The van der Waals surface area contributed by atoms with Crippen molar-refractivity contribution < 1.29 is 14.8 Å². The van der Waals surface area contributed by atoms with E-state index in [1.807, 2.05) is 0 Å². The third-order valence-electron chi connectivity index (χ3n) is 2.12. The van der Waals surface area contributed by atoms with Crippen molar-refractivity contribution in [3.05, 3.63) is 30.1 Å². The van der Waals surface area contributed by atoms with Gasteiger partial charge in [0.15, 0.2) is 0 Å². The van der Waals surface area contributed by atoms with Gasteiger partial charge in [0.05, 0.1) is 0 Å². The fourth-order valence-corrected chi connectivity index (χ4v) is 1.13. The summed E-state index contributed by atoms with van der Waals surface area (Å²) in [6.07, 6.45) is 3.05. The standard InChI is InChI=1S/C11H14N4O3/c1-8(15-18)10(16)13-6-7-14-11(17)9-2-4-12-5-3-9/h2-5,18H,6-7H2,1H3,(H,13,16)(H,14,17)/b15-8+. The van der Waals surface area contributed by atoms with E-state index in [4.69, 9.17) is 5.21 Å². The molecule has 3 N–H and O–H groups in total. The molecule has 0 aliphatic heterocycles. The minimum atomic E-state index is -0.476. The summed E-state index contributed by atoms with van der Waals surface area (Å²) in [5.74, 6) is -0.713. The van der Waals surface area contributed by atoms with E-state index in [0.717, 1.165) is 0 Å². The summed E-state index contributed by atoms with van der Waals surface area (Å²) in [6, 6.07) is 3.19. The highest BCUT2D eigenvalue weighted by Gasteiger charge is 2.06. The van der Waals surface area contributed by atoms with Gasteiger partial charge in [-0.15, -0.1) is 0 Å². The Labute approximate surface area is 104 Å². The van der Waals surface area contributed by atoms with Gasteiger partial charge in [0.2, 0.25) is 0 Å². The smallest absolute Gasteiger partial charge is 0.268 e. The molecular weight excluding hydrogens is 236 g/mol. The van der Waals surface area contributed by atoms with Gasteiger partial charge in [0.25, 0.3) is 11.8 Å². The number of carbonyl (C=O) groups excluding carboxylic acids is 2. The lowest BCUT2D eigenvalue weighted by Crippen LogP contribution is -2.37. The summed E-state index contributed by atoms with van der Waals surface area (Å²) in [4.78, 5) is 26.5. The van der Waals surface area contributed by atoms with Crippen molar-refractivity contribution in [2.75, 3.05) is 13.1 Å². The van der Waals surface area contributed by atoms with Crippen LogP contribution in [0.5, 0.6) is 0 Å². The molecule has 1 aromatic rings. The van der Waals surface area contributed by atoms with Gasteiger partial charge in [-0.05, 0) is 19.1 Å². The molecule has 0 fully saturated rings. The van der Waals surface area contributed by atoms with E-state index >= 15 is 0 Å². The molecule has 0 aliphatic rings. The summed E-state index contributed by atoms with van der Waals surface area (Å²) < 4.78 is 0. The van der Waals surface area contributed by atoms with Gasteiger partial charge in [-0.1, -0.05) is 5.16 Å². The number of amides is 2. The number of rotatable bonds is 5.